The highest BCUT2D eigenvalue weighted by Crippen LogP contribution is 2.43. The Labute approximate surface area is 401 Å². The second-order valence-corrected chi connectivity index (χ2v) is 18.2. The number of para-hydroxylation sites is 3. The summed E-state index contributed by atoms with van der Waals surface area (Å²) in [5.41, 5.74) is 14.8. The summed E-state index contributed by atoms with van der Waals surface area (Å²) in [5, 5.41) is 10.1. The summed E-state index contributed by atoms with van der Waals surface area (Å²) in [6.45, 7) is 0. The summed E-state index contributed by atoms with van der Waals surface area (Å²) < 4.78 is 31.9. The van der Waals surface area contributed by atoms with E-state index < -0.39 is 0 Å². The first-order chi connectivity index (χ1) is 35.1. The molecular formula is C63H33N3O5. The van der Waals surface area contributed by atoms with Gasteiger partial charge >= 0.3 is 0 Å². The van der Waals surface area contributed by atoms with E-state index in [1.165, 1.54) is 0 Å². The number of aromatic nitrogens is 3. The minimum atomic E-state index is 0.520. The lowest BCUT2D eigenvalue weighted by Crippen LogP contribution is -2.00. The Morgan fingerprint density at radius 1 is 0.211 bits per heavy atom. The van der Waals surface area contributed by atoms with Crippen LogP contribution in [0.15, 0.2) is 222 Å². The molecule has 0 radical (unpaired) electrons. The van der Waals surface area contributed by atoms with Gasteiger partial charge < -0.3 is 22.1 Å². The van der Waals surface area contributed by atoms with Gasteiger partial charge in [0, 0.05) is 70.6 Å². The fourth-order valence-corrected chi connectivity index (χ4v) is 10.8. The van der Waals surface area contributed by atoms with Crippen LogP contribution in [-0.2, 0) is 0 Å². The van der Waals surface area contributed by atoms with Gasteiger partial charge in [0.1, 0.15) is 55.8 Å². The van der Waals surface area contributed by atoms with Crippen LogP contribution in [0.4, 0.5) is 0 Å². The summed E-state index contributed by atoms with van der Waals surface area (Å²) in [7, 11) is 0. The second-order valence-electron chi connectivity index (χ2n) is 18.2. The normalized spacial score (nSPS) is 12.2. The summed E-state index contributed by atoms with van der Waals surface area (Å²) in [5.74, 6) is 1.57. The van der Waals surface area contributed by atoms with E-state index in [0.717, 1.165) is 149 Å². The molecule has 0 unspecified atom stereocenters. The summed E-state index contributed by atoms with van der Waals surface area (Å²) in [6, 6.07) is 68.2. The van der Waals surface area contributed by atoms with Crippen LogP contribution in [-0.4, -0.2) is 15.0 Å². The lowest BCUT2D eigenvalue weighted by atomic mass is 9.99. The summed E-state index contributed by atoms with van der Waals surface area (Å²) in [4.78, 5) is 16.0. The van der Waals surface area contributed by atoms with Gasteiger partial charge in [-0.15, -0.1) is 0 Å². The van der Waals surface area contributed by atoms with Gasteiger partial charge in [0.2, 0.25) is 0 Å². The highest BCUT2D eigenvalue weighted by molar-refractivity contribution is 6.15. The maximum atomic E-state index is 6.69. The van der Waals surface area contributed by atoms with Crippen LogP contribution in [0.5, 0.6) is 0 Å². The average molecular weight is 912 g/mol. The van der Waals surface area contributed by atoms with Crippen LogP contribution in [0, 0.1) is 0 Å². The molecule has 16 aromatic rings. The van der Waals surface area contributed by atoms with E-state index in [4.69, 9.17) is 37.0 Å². The molecule has 0 fully saturated rings. The first kappa shape index (κ1) is 38.2. The van der Waals surface area contributed by atoms with E-state index >= 15 is 0 Å². The van der Waals surface area contributed by atoms with Gasteiger partial charge in [0.05, 0.1) is 0 Å². The molecule has 0 aliphatic rings. The zero-order valence-corrected chi connectivity index (χ0v) is 37.4. The SMILES string of the molecule is c1ccc2c(c1)oc1ccc(-c3ccc4c(c3)oc3cccc(-c5nc(-c6ccc7oc8ccccc8c7c6)nc(-c6cccc7oc8cc(-c9ccc%10oc%11ccccc%11c%10c9)ccc8c67)n5)c34)cc12. The lowest BCUT2D eigenvalue weighted by Gasteiger charge is -2.10. The molecule has 10 aromatic carbocycles. The van der Waals surface area contributed by atoms with Crippen molar-refractivity contribution < 1.29 is 22.1 Å². The topological polar surface area (TPSA) is 104 Å². The monoisotopic (exact) mass is 911 g/mol. The van der Waals surface area contributed by atoms with Crippen molar-refractivity contribution in [1.29, 1.82) is 0 Å². The van der Waals surface area contributed by atoms with Crippen molar-refractivity contribution in [3.05, 3.63) is 200 Å². The molecule has 0 amide bonds. The highest BCUT2D eigenvalue weighted by atomic mass is 16.3. The molecule has 0 atom stereocenters. The number of fused-ring (bicyclic) bond motifs is 15. The van der Waals surface area contributed by atoms with Crippen LogP contribution in [0.1, 0.15) is 0 Å². The molecule has 0 spiro atoms. The molecule has 8 nitrogen and oxygen atoms in total. The summed E-state index contributed by atoms with van der Waals surface area (Å²) >= 11 is 0. The molecule has 16 rings (SSSR count). The van der Waals surface area contributed by atoms with Crippen molar-refractivity contribution in [2.75, 3.05) is 0 Å². The molecule has 6 aromatic heterocycles. The lowest BCUT2D eigenvalue weighted by molar-refractivity contribution is 0.668. The molecular weight excluding hydrogens is 879 g/mol. The van der Waals surface area contributed by atoms with Gasteiger partial charge in [-0.2, -0.15) is 0 Å². The van der Waals surface area contributed by atoms with Crippen molar-refractivity contribution in [1.82, 2.24) is 15.0 Å². The number of rotatable bonds is 5. The largest absolute Gasteiger partial charge is 0.456 e. The van der Waals surface area contributed by atoms with E-state index in [0.29, 0.717) is 17.5 Å². The predicted molar refractivity (Wildman–Crippen MR) is 283 cm³/mol. The number of nitrogens with zero attached hydrogens (tertiary/aromatic N) is 3. The second kappa shape index (κ2) is 14.4. The molecule has 0 aliphatic heterocycles. The average Bonchev–Trinajstić information content (AvgIpc) is 4.25. The van der Waals surface area contributed by atoms with Crippen LogP contribution in [0.2, 0.25) is 0 Å². The van der Waals surface area contributed by atoms with Crippen LogP contribution >= 0.6 is 0 Å². The molecule has 0 saturated heterocycles. The summed E-state index contributed by atoms with van der Waals surface area (Å²) in [6.07, 6.45) is 0. The molecule has 8 heteroatoms. The third kappa shape index (κ3) is 5.76. The number of hydrogen-bond acceptors (Lipinski definition) is 8. The van der Waals surface area contributed by atoms with E-state index in [2.05, 4.69) is 97.1 Å². The minimum absolute atomic E-state index is 0.520. The van der Waals surface area contributed by atoms with Crippen molar-refractivity contribution in [3.63, 3.8) is 0 Å². The molecule has 330 valence electrons. The van der Waals surface area contributed by atoms with Gasteiger partial charge in [-0.05, 0) is 119 Å². The molecule has 0 N–H and O–H groups in total. The third-order valence-corrected chi connectivity index (χ3v) is 14.2. The predicted octanol–water partition coefficient (Wildman–Crippen LogP) is 17.7. The van der Waals surface area contributed by atoms with E-state index in [1.54, 1.807) is 0 Å². The van der Waals surface area contributed by atoms with Crippen LogP contribution < -0.4 is 0 Å². The molecule has 0 bridgehead atoms. The van der Waals surface area contributed by atoms with Crippen molar-refractivity contribution in [3.8, 4) is 56.4 Å². The first-order valence-electron chi connectivity index (χ1n) is 23.5. The maximum absolute atomic E-state index is 6.69. The van der Waals surface area contributed by atoms with E-state index in [1.807, 2.05) is 103 Å². The van der Waals surface area contributed by atoms with E-state index in [9.17, 15) is 0 Å². The Hall–Kier alpha value is -9.79. The van der Waals surface area contributed by atoms with Gasteiger partial charge in [0.25, 0.3) is 0 Å². The highest BCUT2D eigenvalue weighted by Gasteiger charge is 2.22. The number of furan rings is 5. The fourth-order valence-electron chi connectivity index (χ4n) is 10.8. The van der Waals surface area contributed by atoms with Gasteiger partial charge in [0.15, 0.2) is 17.5 Å². The van der Waals surface area contributed by atoms with Crippen LogP contribution in [0.25, 0.3) is 166 Å². The Morgan fingerprint density at radius 3 is 1.01 bits per heavy atom. The van der Waals surface area contributed by atoms with Gasteiger partial charge in [-0.25, -0.2) is 15.0 Å². The van der Waals surface area contributed by atoms with Crippen molar-refractivity contribution >= 4 is 110 Å². The molecule has 0 aliphatic carbocycles. The molecule has 0 saturated carbocycles. The number of benzene rings is 10. The quantitative estimate of drug-likeness (QED) is 0.168. The van der Waals surface area contributed by atoms with Crippen molar-refractivity contribution in [2.24, 2.45) is 0 Å². The first-order valence-corrected chi connectivity index (χ1v) is 23.5. The zero-order valence-electron chi connectivity index (χ0n) is 37.4. The Balaban J connectivity index is 0.869. The van der Waals surface area contributed by atoms with Crippen molar-refractivity contribution in [2.45, 2.75) is 0 Å². The molecule has 6 heterocycles. The minimum Gasteiger partial charge on any atom is -0.456 e. The Morgan fingerprint density at radius 2 is 0.549 bits per heavy atom. The molecule has 71 heavy (non-hydrogen) atoms. The van der Waals surface area contributed by atoms with Gasteiger partial charge in [-0.3, -0.25) is 0 Å². The standard InChI is InChI=1S/C63H33N3O5/c1-4-14-49-39(9-1)46-29-34(21-26-52(46)67-49)36-19-24-42-57(32-36)70-55-17-7-12-44(59(42)55)62-64-61(38-23-28-54-48(31-38)41-11-3-6-16-51(41)69-54)65-63(66-62)45-13-8-18-56-60(45)43-25-20-37(33-58(43)71-56)35-22-27-53-47(30-35)40-10-2-5-15-50(40)68-53/h1-33H. The third-order valence-electron chi connectivity index (χ3n) is 14.2. The maximum Gasteiger partial charge on any atom is 0.164 e. The zero-order chi connectivity index (χ0) is 46.3. The Bertz CT molecular complexity index is 4660. The fraction of sp³-hybridized carbons (Fsp3) is 0. The van der Waals surface area contributed by atoms with Crippen LogP contribution in [0.3, 0.4) is 0 Å². The van der Waals surface area contributed by atoms with Gasteiger partial charge in [-0.1, -0.05) is 103 Å². The van der Waals surface area contributed by atoms with E-state index in [-0.39, 0.29) is 0 Å². The smallest absolute Gasteiger partial charge is 0.164 e. The number of hydrogen-bond donors (Lipinski definition) is 0. The Kier molecular flexibility index (Phi) is 7.73.